The SMILES string of the molecule is Cl.O=C(CC1CCCc2ccccc21)NC1CC2CCC(C1)N2. The molecule has 0 spiro atoms. The number of carbonyl (C=O) groups is 1. The van der Waals surface area contributed by atoms with E-state index in [1.807, 2.05) is 0 Å². The summed E-state index contributed by atoms with van der Waals surface area (Å²) in [6, 6.07) is 10.3. The molecule has 2 saturated heterocycles. The summed E-state index contributed by atoms with van der Waals surface area (Å²) in [6.07, 6.45) is 9.00. The minimum absolute atomic E-state index is 0. The van der Waals surface area contributed by atoms with Gasteiger partial charge in [0.05, 0.1) is 0 Å². The number of rotatable bonds is 3. The Morgan fingerprint density at radius 3 is 2.65 bits per heavy atom. The van der Waals surface area contributed by atoms with Crippen molar-refractivity contribution < 1.29 is 4.79 Å². The maximum absolute atomic E-state index is 12.5. The van der Waals surface area contributed by atoms with Gasteiger partial charge in [-0.3, -0.25) is 4.79 Å². The van der Waals surface area contributed by atoms with Crippen LogP contribution in [-0.4, -0.2) is 24.0 Å². The van der Waals surface area contributed by atoms with Gasteiger partial charge >= 0.3 is 0 Å². The van der Waals surface area contributed by atoms with Gasteiger partial charge in [-0.1, -0.05) is 24.3 Å². The molecule has 1 aromatic carbocycles. The molecular formula is C19H27ClN2O. The largest absolute Gasteiger partial charge is 0.353 e. The highest BCUT2D eigenvalue weighted by Gasteiger charge is 2.34. The van der Waals surface area contributed by atoms with Crippen LogP contribution >= 0.6 is 12.4 Å². The molecule has 0 radical (unpaired) electrons. The standard InChI is InChI=1S/C19H26N2O.ClH/c22-19(21-17-11-15-8-9-16(12-17)20-15)10-14-6-3-5-13-4-1-2-7-18(13)14;/h1-2,4,7,14-17,20H,3,5-6,8-12H2,(H,21,22);1H. The van der Waals surface area contributed by atoms with E-state index in [0.717, 1.165) is 19.3 Å². The van der Waals surface area contributed by atoms with Crippen LogP contribution in [0.2, 0.25) is 0 Å². The highest BCUT2D eigenvalue weighted by atomic mass is 35.5. The first-order valence-corrected chi connectivity index (χ1v) is 8.91. The summed E-state index contributed by atoms with van der Waals surface area (Å²) >= 11 is 0. The van der Waals surface area contributed by atoms with Gasteiger partial charge in [-0.25, -0.2) is 0 Å². The van der Waals surface area contributed by atoms with E-state index in [9.17, 15) is 4.79 Å². The van der Waals surface area contributed by atoms with E-state index < -0.39 is 0 Å². The number of nitrogens with one attached hydrogen (secondary N) is 2. The van der Waals surface area contributed by atoms with Gasteiger partial charge in [0.2, 0.25) is 5.91 Å². The van der Waals surface area contributed by atoms with Gasteiger partial charge in [-0.2, -0.15) is 0 Å². The van der Waals surface area contributed by atoms with Gasteiger partial charge < -0.3 is 10.6 Å². The third-order valence-electron chi connectivity index (χ3n) is 5.76. The van der Waals surface area contributed by atoms with E-state index in [1.54, 1.807) is 0 Å². The fourth-order valence-electron chi connectivity index (χ4n) is 4.75. The quantitative estimate of drug-likeness (QED) is 0.890. The molecule has 3 atom stereocenters. The molecule has 1 amide bonds. The predicted molar refractivity (Wildman–Crippen MR) is 95.1 cm³/mol. The van der Waals surface area contributed by atoms with E-state index in [0.29, 0.717) is 30.5 Å². The molecule has 3 nitrogen and oxygen atoms in total. The zero-order valence-corrected chi connectivity index (χ0v) is 14.4. The summed E-state index contributed by atoms with van der Waals surface area (Å²) in [7, 11) is 0. The topological polar surface area (TPSA) is 41.1 Å². The second kappa shape index (κ2) is 7.23. The van der Waals surface area contributed by atoms with Crippen LogP contribution in [0.25, 0.3) is 0 Å². The van der Waals surface area contributed by atoms with Crippen LogP contribution < -0.4 is 10.6 Å². The van der Waals surface area contributed by atoms with Gasteiger partial charge in [-0.05, 0) is 62.0 Å². The van der Waals surface area contributed by atoms with Crippen molar-refractivity contribution in [2.75, 3.05) is 0 Å². The number of aryl methyl sites for hydroxylation is 1. The molecule has 3 unspecified atom stereocenters. The molecule has 2 heterocycles. The normalized spacial score (nSPS) is 31.8. The fraction of sp³-hybridized carbons (Fsp3) is 0.632. The average molecular weight is 335 g/mol. The average Bonchev–Trinajstić information content (AvgIpc) is 2.86. The van der Waals surface area contributed by atoms with Crippen molar-refractivity contribution in [2.24, 2.45) is 0 Å². The minimum atomic E-state index is 0. The number of benzene rings is 1. The molecule has 1 aromatic rings. The fourth-order valence-corrected chi connectivity index (χ4v) is 4.75. The lowest BCUT2D eigenvalue weighted by molar-refractivity contribution is -0.122. The number of carbonyl (C=O) groups excluding carboxylic acids is 1. The number of amides is 1. The first kappa shape index (κ1) is 16.8. The zero-order valence-electron chi connectivity index (χ0n) is 13.6. The third kappa shape index (κ3) is 3.72. The first-order chi connectivity index (χ1) is 10.8. The molecule has 2 bridgehead atoms. The van der Waals surface area contributed by atoms with E-state index in [1.165, 1.54) is 36.8 Å². The molecule has 1 aliphatic carbocycles. The lowest BCUT2D eigenvalue weighted by atomic mass is 9.81. The molecule has 0 saturated carbocycles. The Kier molecular flexibility index (Phi) is 5.27. The number of piperidine rings is 1. The van der Waals surface area contributed by atoms with Crippen molar-refractivity contribution in [1.29, 1.82) is 0 Å². The Morgan fingerprint density at radius 2 is 1.87 bits per heavy atom. The van der Waals surface area contributed by atoms with Crippen molar-refractivity contribution in [1.82, 2.24) is 10.6 Å². The van der Waals surface area contributed by atoms with Crippen LogP contribution in [0.15, 0.2) is 24.3 Å². The third-order valence-corrected chi connectivity index (χ3v) is 5.76. The second-order valence-corrected chi connectivity index (χ2v) is 7.37. The molecule has 2 N–H and O–H groups in total. The summed E-state index contributed by atoms with van der Waals surface area (Å²) in [6.45, 7) is 0. The lowest BCUT2D eigenvalue weighted by Gasteiger charge is -2.31. The van der Waals surface area contributed by atoms with E-state index in [2.05, 4.69) is 34.9 Å². The monoisotopic (exact) mass is 334 g/mol. The van der Waals surface area contributed by atoms with Gasteiger partial charge in [0.15, 0.2) is 0 Å². The highest BCUT2D eigenvalue weighted by Crippen LogP contribution is 2.34. The van der Waals surface area contributed by atoms with Crippen LogP contribution in [0, 0.1) is 0 Å². The summed E-state index contributed by atoms with van der Waals surface area (Å²) < 4.78 is 0. The minimum Gasteiger partial charge on any atom is -0.353 e. The van der Waals surface area contributed by atoms with Gasteiger partial charge in [0, 0.05) is 24.5 Å². The van der Waals surface area contributed by atoms with Crippen molar-refractivity contribution >= 4 is 18.3 Å². The number of hydrogen-bond acceptors (Lipinski definition) is 2. The van der Waals surface area contributed by atoms with Gasteiger partial charge in [-0.15, -0.1) is 12.4 Å². The van der Waals surface area contributed by atoms with Gasteiger partial charge in [0.1, 0.15) is 0 Å². The van der Waals surface area contributed by atoms with Crippen LogP contribution in [0.1, 0.15) is 62.0 Å². The van der Waals surface area contributed by atoms with E-state index in [4.69, 9.17) is 0 Å². The number of hydrogen-bond donors (Lipinski definition) is 2. The zero-order chi connectivity index (χ0) is 14.9. The van der Waals surface area contributed by atoms with Gasteiger partial charge in [0.25, 0.3) is 0 Å². The summed E-state index contributed by atoms with van der Waals surface area (Å²) in [5.74, 6) is 0.677. The smallest absolute Gasteiger partial charge is 0.220 e. The van der Waals surface area contributed by atoms with Crippen molar-refractivity contribution in [2.45, 2.75) is 75.4 Å². The Bertz CT molecular complexity index is 550. The molecule has 0 aromatic heterocycles. The maximum atomic E-state index is 12.5. The van der Waals surface area contributed by atoms with Crippen molar-refractivity contribution in [3.8, 4) is 0 Å². The Balaban J connectivity index is 0.00000156. The Morgan fingerprint density at radius 1 is 1.13 bits per heavy atom. The lowest BCUT2D eigenvalue weighted by Crippen LogP contribution is -2.48. The van der Waals surface area contributed by atoms with Crippen molar-refractivity contribution in [3.05, 3.63) is 35.4 Å². The number of halogens is 1. The maximum Gasteiger partial charge on any atom is 0.220 e. The molecule has 2 aliphatic heterocycles. The molecule has 4 rings (SSSR count). The molecule has 23 heavy (non-hydrogen) atoms. The first-order valence-electron chi connectivity index (χ1n) is 8.91. The summed E-state index contributed by atoms with van der Waals surface area (Å²) in [4.78, 5) is 12.5. The van der Waals surface area contributed by atoms with Crippen LogP contribution in [0.5, 0.6) is 0 Å². The highest BCUT2D eigenvalue weighted by molar-refractivity contribution is 5.85. The van der Waals surface area contributed by atoms with Crippen LogP contribution in [0.3, 0.4) is 0 Å². The Labute approximate surface area is 145 Å². The van der Waals surface area contributed by atoms with Crippen LogP contribution in [0.4, 0.5) is 0 Å². The Hall–Kier alpha value is -1.06. The van der Waals surface area contributed by atoms with E-state index >= 15 is 0 Å². The number of fused-ring (bicyclic) bond motifs is 3. The summed E-state index contributed by atoms with van der Waals surface area (Å²) in [5, 5.41) is 6.96. The molecule has 126 valence electrons. The van der Waals surface area contributed by atoms with Crippen LogP contribution in [-0.2, 0) is 11.2 Å². The molecule has 3 aliphatic rings. The van der Waals surface area contributed by atoms with Crippen molar-refractivity contribution in [3.63, 3.8) is 0 Å². The molecule has 4 heteroatoms. The summed E-state index contributed by atoms with van der Waals surface area (Å²) in [5.41, 5.74) is 2.86. The van der Waals surface area contributed by atoms with E-state index in [-0.39, 0.29) is 18.3 Å². The second-order valence-electron chi connectivity index (χ2n) is 7.37. The molecular weight excluding hydrogens is 308 g/mol. The predicted octanol–water partition coefficient (Wildman–Crippen LogP) is 3.32. The molecule has 2 fully saturated rings.